The second-order valence-corrected chi connectivity index (χ2v) is 25.1. The lowest BCUT2D eigenvalue weighted by Gasteiger charge is -2.46. The molecular formula is C57H71BN2. The van der Waals surface area contributed by atoms with Crippen molar-refractivity contribution in [2.24, 2.45) is 0 Å². The third-order valence-electron chi connectivity index (χ3n) is 15.2. The molecule has 60 heavy (non-hydrogen) atoms. The second kappa shape index (κ2) is 12.4. The number of nitrogens with zero attached hydrogens (tertiary/aromatic N) is 2. The molecule has 2 heterocycles. The van der Waals surface area contributed by atoms with Gasteiger partial charge in [-0.15, -0.1) is 0 Å². The Morgan fingerprint density at radius 3 is 1.47 bits per heavy atom. The van der Waals surface area contributed by atoms with Crippen molar-refractivity contribution >= 4 is 57.2 Å². The van der Waals surface area contributed by atoms with E-state index in [2.05, 4.69) is 213 Å². The number of rotatable bonds is 2. The van der Waals surface area contributed by atoms with Gasteiger partial charge in [-0.25, -0.2) is 0 Å². The second-order valence-electron chi connectivity index (χ2n) is 25.1. The van der Waals surface area contributed by atoms with Crippen LogP contribution in [0.1, 0.15) is 175 Å². The average Bonchev–Trinajstić information content (AvgIpc) is 3.42. The summed E-state index contributed by atoms with van der Waals surface area (Å²) in [4.78, 5) is 5.37. The number of anilines is 6. The van der Waals surface area contributed by atoms with Gasteiger partial charge in [-0.1, -0.05) is 154 Å². The number of benzene rings is 5. The van der Waals surface area contributed by atoms with E-state index in [-0.39, 0.29) is 44.6 Å². The quantitative estimate of drug-likeness (QED) is 0.161. The summed E-state index contributed by atoms with van der Waals surface area (Å²) in [5.74, 6) is 0. The minimum absolute atomic E-state index is 0.000391. The Hall–Kier alpha value is -4.24. The number of fused-ring (bicyclic) bond motifs is 6. The fourth-order valence-corrected chi connectivity index (χ4v) is 12.3. The summed E-state index contributed by atoms with van der Waals surface area (Å²) in [6, 6.07) is 32.6. The van der Waals surface area contributed by atoms with Crippen LogP contribution in [0, 0.1) is 6.92 Å². The van der Waals surface area contributed by atoms with Gasteiger partial charge < -0.3 is 9.80 Å². The molecule has 2 aliphatic heterocycles. The van der Waals surface area contributed by atoms with E-state index in [0.717, 1.165) is 12.8 Å². The van der Waals surface area contributed by atoms with Crippen LogP contribution in [-0.2, 0) is 37.9 Å². The van der Waals surface area contributed by atoms with E-state index in [0.29, 0.717) is 0 Å². The highest BCUT2D eigenvalue weighted by Crippen LogP contribution is 2.55. The minimum Gasteiger partial charge on any atom is -0.311 e. The first kappa shape index (κ1) is 41.1. The molecule has 3 heteroatoms. The lowest BCUT2D eigenvalue weighted by molar-refractivity contribution is 0.403. The summed E-state index contributed by atoms with van der Waals surface area (Å²) in [5.41, 5.74) is 23.8. The Labute approximate surface area is 364 Å². The molecule has 5 aromatic rings. The SMILES string of the molecule is Cc1ccc(C(C)(C)C)cc1N1c2ccc(C(C)(C)C)cc2B2c3cc4c(cc3N(c3ccc5c(c3)C(C)(C)CC5(C)C)c3cc(C(C)(C)C)cc1c32)C(C)(C)CC4(C)C. The Morgan fingerprint density at radius 2 is 0.883 bits per heavy atom. The molecule has 0 amide bonds. The largest absolute Gasteiger partial charge is 0.311 e. The molecule has 0 spiro atoms. The van der Waals surface area contributed by atoms with E-state index in [1.54, 1.807) is 0 Å². The van der Waals surface area contributed by atoms with Gasteiger partial charge in [-0.2, -0.15) is 0 Å². The molecule has 2 aliphatic carbocycles. The fraction of sp³-hybridized carbons (Fsp3) is 0.474. The molecule has 4 aliphatic rings. The molecule has 0 N–H and O–H groups in total. The third kappa shape index (κ3) is 6.09. The Bertz CT molecular complexity index is 2630. The van der Waals surface area contributed by atoms with Gasteiger partial charge >= 0.3 is 0 Å². The molecule has 0 saturated carbocycles. The maximum absolute atomic E-state index is 2.71. The molecule has 0 fully saturated rings. The zero-order valence-corrected chi connectivity index (χ0v) is 40.4. The van der Waals surface area contributed by atoms with Gasteiger partial charge in [0.25, 0.3) is 6.71 Å². The number of hydrogen-bond acceptors (Lipinski definition) is 2. The van der Waals surface area contributed by atoms with Crippen molar-refractivity contribution in [1.82, 2.24) is 0 Å². The maximum Gasteiger partial charge on any atom is 0.252 e. The van der Waals surface area contributed by atoms with Gasteiger partial charge in [0.1, 0.15) is 0 Å². The zero-order chi connectivity index (χ0) is 43.7. The summed E-state index contributed by atoms with van der Waals surface area (Å²) in [6.07, 6.45) is 2.29. The third-order valence-corrected chi connectivity index (χ3v) is 15.2. The van der Waals surface area contributed by atoms with Crippen LogP contribution in [0.3, 0.4) is 0 Å². The molecule has 0 radical (unpaired) electrons. The smallest absolute Gasteiger partial charge is 0.252 e. The molecule has 0 unspecified atom stereocenters. The number of hydrogen-bond donors (Lipinski definition) is 0. The van der Waals surface area contributed by atoms with Gasteiger partial charge in [-0.05, 0) is 161 Å². The van der Waals surface area contributed by atoms with Crippen LogP contribution in [0.2, 0.25) is 0 Å². The van der Waals surface area contributed by atoms with E-state index in [4.69, 9.17) is 0 Å². The van der Waals surface area contributed by atoms with Crippen LogP contribution >= 0.6 is 0 Å². The molecule has 5 aromatic carbocycles. The van der Waals surface area contributed by atoms with Gasteiger partial charge in [0.15, 0.2) is 0 Å². The van der Waals surface area contributed by atoms with Crippen molar-refractivity contribution in [3.63, 3.8) is 0 Å². The van der Waals surface area contributed by atoms with Crippen LogP contribution in [0.25, 0.3) is 0 Å². The first-order valence-electron chi connectivity index (χ1n) is 22.9. The monoisotopic (exact) mass is 795 g/mol. The summed E-state index contributed by atoms with van der Waals surface area (Å²) >= 11 is 0. The standard InChI is InChI=1S/C57H71BN2/c1-34-19-20-36(52(5,6)7)26-46(34)60-45-24-21-35(51(2,3)4)25-43(45)58-44-30-41-42(57(17,18)33-56(41,15)16)31-47(44)59(48-27-37(53(8,9)10)28-49(60)50(48)58)38-22-23-39-40(29-38)55(13,14)32-54(39,11)12/h19-31H,32-33H2,1-18H3. The molecule has 0 atom stereocenters. The Morgan fingerprint density at radius 1 is 0.417 bits per heavy atom. The summed E-state index contributed by atoms with van der Waals surface area (Å²) in [5, 5.41) is 0. The molecular weight excluding hydrogens is 723 g/mol. The van der Waals surface area contributed by atoms with Crippen LogP contribution < -0.4 is 26.2 Å². The van der Waals surface area contributed by atoms with E-state index in [1.165, 1.54) is 95.0 Å². The normalized spacial score (nSPS) is 19.1. The Kier molecular flexibility index (Phi) is 8.54. The van der Waals surface area contributed by atoms with Crippen LogP contribution in [0.4, 0.5) is 34.1 Å². The van der Waals surface area contributed by atoms with E-state index < -0.39 is 0 Å². The fourth-order valence-electron chi connectivity index (χ4n) is 12.3. The van der Waals surface area contributed by atoms with E-state index in [1.807, 2.05) is 0 Å². The van der Waals surface area contributed by atoms with Crippen molar-refractivity contribution < 1.29 is 0 Å². The van der Waals surface area contributed by atoms with E-state index in [9.17, 15) is 0 Å². The van der Waals surface area contributed by atoms with Gasteiger partial charge in [0.2, 0.25) is 0 Å². The van der Waals surface area contributed by atoms with Gasteiger partial charge in [0, 0.05) is 34.1 Å². The topological polar surface area (TPSA) is 6.48 Å². The van der Waals surface area contributed by atoms with Crippen molar-refractivity contribution in [2.45, 2.75) is 175 Å². The van der Waals surface area contributed by atoms with Crippen molar-refractivity contribution in [1.29, 1.82) is 0 Å². The lowest BCUT2D eigenvalue weighted by atomic mass is 9.33. The van der Waals surface area contributed by atoms with Gasteiger partial charge in [-0.3, -0.25) is 0 Å². The molecule has 9 rings (SSSR count). The predicted octanol–water partition coefficient (Wildman–Crippen LogP) is 13.9. The number of aryl methyl sites for hydroxylation is 1. The van der Waals surface area contributed by atoms with Crippen LogP contribution in [0.15, 0.2) is 78.9 Å². The molecule has 312 valence electrons. The first-order chi connectivity index (χ1) is 27.5. The molecule has 0 bridgehead atoms. The highest BCUT2D eigenvalue weighted by molar-refractivity contribution is 7.00. The maximum atomic E-state index is 2.71. The highest BCUT2D eigenvalue weighted by atomic mass is 15.2. The van der Waals surface area contributed by atoms with E-state index >= 15 is 0 Å². The van der Waals surface area contributed by atoms with Crippen molar-refractivity contribution in [3.8, 4) is 0 Å². The highest BCUT2D eigenvalue weighted by Gasteiger charge is 2.49. The van der Waals surface area contributed by atoms with Crippen LogP contribution in [0.5, 0.6) is 0 Å². The lowest BCUT2D eigenvalue weighted by Crippen LogP contribution is -2.62. The summed E-state index contributed by atoms with van der Waals surface area (Å²) in [6.45, 7) is 43.4. The minimum atomic E-state index is -0.0782. The van der Waals surface area contributed by atoms with Gasteiger partial charge in [0.05, 0.1) is 0 Å². The first-order valence-corrected chi connectivity index (χ1v) is 22.9. The Balaban J connectivity index is 1.45. The summed E-state index contributed by atoms with van der Waals surface area (Å²) < 4.78 is 0. The van der Waals surface area contributed by atoms with Crippen LogP contribution in [-0.4, -0.2) is 6.71 Å². The van der Waals surface area contributed by atoms with Crippen molar-refractivity contribution in [3.05, 3.63) is 123 Å². The molecule has 0 saturated heterocycles. The predicted molar refractivity (Wildman–Crippen MR) is 263 cm³/mol. The van der Waals surface area contributed by atoms with Crippen molar-refractivity contribution in [2.75, 3.05) is 9.80 Å². The summed E-state index contributed by atoms with van der Waals surface area (Å²) in [7, 11) is 0. The zero-order valence-electron chi connectivity index (χ0n) is 40.4. The average molecular weight is 795 g/mol. The molecule has 0 aromatic heterocycles. The molecule has 2 nitrogen and oxygen atoms in total.